The van der Waals surface area contributed by atoms with Crippen LogP contribution in [0.4, 0.5) is 0 Å². The van der Waals surface area contributed by atoms with E-state index in [-0.39, 0.29) is 19.8 Å². The molecule has 4 aromatic carbocycles. The highest BCUT2D eigenvalue weighted by Crippen LogP contribution is 2.34. The molecule has 4 aliphatic heterocycles. The summed E-state index contributed by atoms with van der Waals surface area (Å²) in [7, 11) is 0. The van der Waals surface area contributed by atoms with Crippen LogP contribution in [0.15, 0.2) is 152 Å². The van der Waals surface area contributed by atoms with Gasteiger partial charge in [0.05, 0.1) is 79.3 Å². The number of nitrogens with one attached hydrogen (secondary N) is 4. The second-order valence-corrected chi connectivity index (χ2v) is 29.9. The van der Waals surface area contributed by atoms with Crippen molar-refractivity contribution in [2.45, 2.75) is 96.0 Å². The van der Waals surface area contributed by atoms with Crippen LogP contribution < -0.4 is 35.6 Å². The molecule has 0 saturated carbocycles. The summed E-state index contributed by atoms with van der Waals surface area (Å²) in [6.07, 6.45) is -14.7. The standard InChI is InChI=1S/C79H96N4O23S3/c84-43-61-68(87)71(90)74(93)77(104-61)107-40-4-27-96-32-35-101-50-13-7-49(8-14-50)67-59-25-23-57(82-59)65(47-9-15-51(16-10-47)102-36-33-97-28-30-99-38-41-108-78-75(94)72(91)69(88)62(44-85)105-78)55-21-19-53(80-55)64(46-5-2-1-3-6-46)54-20-22-56(81-54)66(58-24-26-60(67)83-58)48-11-17-52(18-12-48)103-37-34-98-29-31-100-39-42-109-79-76(95)73(92)70(89)63(45-86)106-79/h1-3,5-26,61-63,68-95H,4,27-45H2/t61?,62?,63?,68-,69-,70?,71+,72+,73+,74-,75-,76+,77?,78?,79+/m1/s1. The van der Waals surface area contributed by atoms with Gasteiger partial charge in [-0.3, -0.25) is 0 Å². The lowest BCUT2D eigenvalue weighted by molar-refractivity contribution is -0.205. The average molecular weight is 1570 g/mol. The van der Waals surface area contributed by atoms with Gasteiger partial charge in [-0.2, -0.15) is 0 Å². The third-order valence-electron chi connectivity index (χ3n) is 18.9. The summed E-state index contributed by atoms with van der Waals surface area (Å²) in [6, 6.07) is 50.8. The maximum Gasteiger partial charge on any atom is 0.132 e. The first kappa shape index (κ1) is 81.6. The lowest BCUT2D eigenvalue weighted by Crippen LogP contribution is -2.57. The van der Waals surface area contributed by atoms with Crippen LogP contribution in [0.1, 0.15) is 51.5 Å². The van der Waals surface area contributed by atoms with Gasteiger partial charge in [0.25, 0.3) is 0 Å². The van der Waals surface area contributed by atoms with Gasteiger partial charge in [0.1, 0.15) is 127 Å². The van der Waals surface area contributed by atoms with Gasteiger partial charge in [0.15, 0.2) is 0 Å². The molecule has 3 fully saturated rings. The lowest BCUT2D eigenvalue weighted by atomic mass is 10.0. The summed E-state index contributed by atoms with van der Waals surface area (Å²) < 4.78 is 64.3. The molecule has 0 amide bonds. The molecule has 4 aliphatic rings. The van der Waals surface area contributed by atoms with E-state index in [9.17, 15) is 61.3 Å². The van der Waals surface area contributed by atoms with E-state index in [4.69, 9.17) is 52.1 Å². The van der Waals surface area contributed by atoms with E-state index in [1.165, 1.54) is 35.3 Å². The van der Waals surface area contributed by atoms with E-state index in [1.54, 1.807) is 0 Å². The largest absolute Gasteiger partial charge is 0.491 e. The topological polar surface area (TPSA) is 407 Å². The van der Waals surface area contributed by atoms with Gasteiger partial charge < -0.3 is 133 Å². The van der Waals surface area contributed by atoms with Crippen LogP contribution in [-0.4, -0.2) is 294 Å². The number of benzene rings is 4. The fourth-order valence-electron chi connectivity index (χ4n) is 13.2. The predicted octanol–water partition coefficient (Wildman–Crippen LogP) is 0.510. The van der Waals surface area contributed by atoms with Crippen LogP contribution in [0, 0.1) is 0 Å². The number of fused-ring (bicyclic) bond motifs is 8. The van der Waals surface area contributed by atoms with Crippen LogP contribution in [0.25, 0.3) is 22.3 Å². The second-order valence-electron chi connectivity index (χ2n) is 26.2. The van der Waals surface area contributed by atoms with Crippen molar-refractivity contribution in [3.63, 3.8) is 0 Å². The first-order valence-corrected chi connectivity index (χ1v) is 39.5. The predicted molar refractivity (Wildman–Crippen MR) is 408 cm³/mol. The van der Waals surface area contributed by atoms with Gasteiger partial charge >= 0.3 is 0 Å². The first-order chi connectivity index (χ1) is 53.2. The molecule has 4 aromatic heterocycles. The summed E-state index contributed by atoms with van der Waals surface area (Å²) in [5.41, 5.74) is 8.27. The molecule has 12 rings (SSSR count). The number of ether oxygens (including phenoxy) is 11. The first-order valence-electron chi connectivity index (χ1n) is 36.4. The Labute approximate surface area is 641 Å². The minimum absolute atomic E-state index is 0.280. The molecule has 0 aliphatic carbocycles. The fourth-order valence-corrected chi connectivity index (χ4v) is 16.3. The Kier molecular flexibility index (Phi) is 30.4. The van der Waals surface area contributed by atoms with E-state index in [1.807, 2.05) is 91.0 Å². The maximum atomic E-state index is 10.4. The Balaban J connectivity index is 0.755. The van der Waals surface area contributed by atoms with Crippen molar-refractivity contribution in [3.8, 4) is 17.2 Å². The van der Waals surface area contributed by atoms with Crippen LogP contribution in [-0.2, 0) is 37.9 Å². The third-order valence-corrected chi connectivity index (χ3v) is 22.4. The van der Waals surface area contributed by atoms with Crippen LogP contribution in [0.5, 0.6) is 17.2 Å². The number of hydrogen-bond donors (Lipinski definition) is 16. The molecule has 15 atom stereocenters. The molecule has 3 saturated heterocycles. The highest BCUT2D eigenvalue weighted by Gasteiger charge is 2.46. The van der Waals surface area contributed by atoms with Crippen molar-refractivity contribution < 1.29 is 113 Å². The highest BCUT2D eigenvalue weighted by atomic mass is 32.2. The van der Waals surface area contributed by atoms with Gasteiger partial charge in [0, 0.05) is 84.6 Å². The van der Waals surface area contributed by atoms with Crippen LogP contribution >= 0.6 is 35.3 Å². The van der Waals surface area contributed by atoms with Crippen molar-refractivity contribution in [3.05, 3.63) is 218 Å². The molecule has 109 heavy (non-hydrogen) atoms. The van der Waals surface area contributed by atoms with Crippen LogP contribution in [0.3, 0.4) is 0 Å². The summed E-state index contributed by atoms with van der Waals surface area (Å²) in [5.74, 6) is 3.36. The SMILES string of the molecule is OCC1O[C@@H](SCCOCCOCCOc2ccc(C3=c4ccc([nH]4)=C(c4ccccc4)c4ccc([nH]4)C(c4ccc(OCCOCCOCCSC5OC(CO)[C@@H](O)[C@H](O)[C@H]5O)cc4)=c4ccc([nH]4)=C(c4ccc(OCCOCCCSC5OC(CO)[C@@H](O)[C@H](O)[C@H]5O)cc4)c4ccc3[nH]4)cc2)[C@@H](O)[C@@H](O)C1O. The average Bonchev–Trinajstić information content (AvgIpc) is 1.62. The summed E-state index contributed by atoms with van der Waals surface area (Å²) >= 11 is 3.73. The highest BCUT2D eigenvalue weighted by molar-refractivity contribution is 8.00. The van der Waals surface area contributed by atoms with E-state index in [2.05, 4.69) is 80.6 Å². The molecule has 6 unspecified atom stereocenters. The normalized spacial score (nSPS) is 25.1. The van der Waals surface area contributed by atoms with E-state index < -0.39 is 109 Å². The summed E-state index contributed by atoms with van der Waals surface area (Å²) in [4.78, 5) is 15.4. The molecule has 30 heteroatoms. The van der Waals surface area contributed by atoms with Gasteiger partial charge in [-0.05, 0) is 119 Å². The fraction of sp³-hybridized carbons (Fsp3) is 0.443. The molecule has 8 heterocycles. The Morgan fingerprint density at radius 2 is 0.560 bits per heavy atom. The number of aromatic nitrogens is 4. The van der Waals surface area contributed by atoms with Gasteiger partial charge in [-0.1, -0.05) is 66.7 Å². The minimum Gasteiger partial charge on any atom is -0.491 e. The monoisotopic (exact) mass is 1560 g/mol. The minimum atomic E-state index is -1.43. The van der Waals surface area contributed by atoms with Crippen molar-refractivity contribution in [2.75, 3.05) is 123 Å². The van der Waals surface area contributed by atoms with Crippen LogP contribution in [0.2, 0.25) is 0 Å². The van der Waals surface area contributed by atoms with E-state index in [0.717, 1.165) is 88.7 Å². The molecular weight excluding hydrogens is 1470 g/mol. The van der Waals surface area contributed by atoms with Gasteiger partial charge in [-0.25, -0.2) is 0 Å². The lowest BCUT2D eigenvalue weighted by Gasteiger charge is -2.39. The second kappa shape index (κ2) is 40.5. The molecule has 588 valence electrons. The van der Waals surface area contributed by atoms with E-state index in [0.29, 0.717) is 107 Å². The van der Waals surface area contributed by atoms with Crippen molar-refractivity contribution in [2.24, 2.45) is 0 Å². The number of aliphatic hydroxyl groups excluding tert-OH is 12. The number of rotatable bonds is 38. The molecule has 0 spiro atoms. The van der Waals surface area contributed by atoms with Crippen molar-refractivity contribution in [1.82, 2.24) is 19.9 Å². The maximum absolute atomic E-state index is 10.4. The zero-order chi connectivity index (χ0) is 76.2. The Bertz CT molecular complexity index is 4350. The summed E-state index contributed by atoms with van der Waals surface area (Å²) in [6.45, 7) is 2.64. The molecule has 0 radical (unpaired) electrons. The van der Waals surface area contributed by atoms with E-state index >= 15 is 0 Å². The number of H-pyrrole nitrogens is 4. The number of aromatic amines is 4. The molecular formula is C79H96N4O23S3. The zero-order valence-corrected chi connectivity index (χ0v) is 62.3. The zero-order valence-electron chi connectivity index (χ0n) is 59.8. The Morgan fingerprint density at radius 3 is 0.881 bits per heavy atom. The number of aliphatic hydroxyl groups is 12. The van der Waals surface area contributed by atoms with Gasteiger partial charge in [-0.15, -0.1) is 35.3 Å². The molecule has 27 nitrogen and oxygen atoms in total. The Morgan fingerprint density at radius 1 is 0.275 bits per heavy atom. The summed E-state index contributed by atoms with van der Waals surface area (Å²) in [5, 5.41) is 124. The molecule has 8 bridgehead atoms. The smallest absolute Gasteiger partial charge is 0.132 e. The molecule has 16 N–H and O–H groups in total. The Hall–Kier alpha value is -6.87. The van der Waals surface area contributed by atoms with Crippen molar-refractivity contribution in [1.29, 1.82) is 0 Å². The quantitative estimate of drug-likeness (QED) is 0.0234. The van der Waals surface area contributed by atoms with Gasteiger partial charge in [0.2, 0.25) is 0 Å². The third kappa shape index (κ3) is 20.9. The number of hydrogen-bond acceptors (Lipinski definition) is 26. The molecule has 8 aromatic rings. The number of thioether (sulfide) groups is 3. The van der Waals surface area contributed by atoms with Crippen molar-refractivity contribution >= 4 is 57.6 Å².